The van der Waals surface area contributed by atoms with Crippen molar-refractivity contribution in [2.24, 2.45) is 5.92 Å². The molecule has 1 atom stereocenters. The Bertz CT molecular complexity index is 593. The Morgan fingerprint density at radius 3 is 2.38 bits per heavy atom. The lowest BCUT2D eigenvalue weighted by Gasteiger charge is -2.34. The molecule has 1 heterocycles. The SMILES string of the molecule is COC(=O)[C@@](NC(=O)CC(C)C)(Nc1ccc(Br)cn1)C(F)(F)F. The van der Waals surface area contributed by atoms with Crippen LogP contribution in [0.25, 0.3) is 0 Å². The number of aromatic nitrogens is 1. The summed E-state index contributed by atoms with van der Waals surface area (Å²) in [6, 6.07) is 2.66. The molecule has 0 unspecified atom stereocenters. The number of amides is 1. The van der Waals surface area contributed by atoms with E-state index < -0.39 is 23.7 Å². The molecule has 0 radical (unpaired) electrons. The summed E-state index contributed by atoms with van der Waals surface area (Å²) < 4.78 is 45.8. The number of methoxy groups -OCH3 is 1. The van der Waals surface area contributed by atoms with E-state index in [1.807, 2.05) is 5.32 Å². The van der Waals surface area contributed by atoms with E-state index in [0.29, 0.717) is 4.47 Å². The average molecular weight is 412 g/mol. The van der Waals surface area contributed by atoms with Gasteiger partial charge in [0.2, 0.25) is 5.91 Å². The Hall–Kier alpha value is -1.84. The number of rotatable bonds is 6. The minimum Gasteiger partial charge on any atom is -0.466 e. The van der Waals surface area contributed by atoms with Gasteiger partial charge in [-0.3, -0.25) is 4.79 Å². The van der Waals surface area contributed by atoms with Gasteiger partial charge < -0.3 is 15.4 Å². The van der Waals surface area contributed by atoms with Gasteiger partial charge in [0.25, 0.3) is 0 Å². The molecular weight excluding hydrogens is 395 g/mol. The molecule has 0 spiro atoms. The zero-order valence-corrected chi connectivity index (χ0v) is 14.8. The summed E-state index contributed by atoms with van der Waals surface area (Å²) in [4.78, 5) is 27.6. The van der Waals surface area contributed by atoms with E-state index in [9.17, 15) is 22.8 Å². The van der Waals surface area contributed by atoms with Crippen LogP contribution in [0, 0.1) is 5.92 Å². The predicted molar refractivity (Wildman–Crippen MR) is 84.0 cm³/mol. The van der Waals surface area contributed by atoms with Crippen LogP contribution in [0.5, 0.6) is 0 Å². The summed E-state index contributed by atoms with van der Waals surface area (Å²) in [6.07, 6.45) is -4.11. The second-order valence-corrected chi connectivity index (χ2v) is 6.29. The number of hydrogen-bond acceptors (Lipinski definition) is 5. The van der Waals surface area contributed by atoms with E-state index in [2.05, 4.69) is 25.7 Å². The van der Waals surface area contributed by atoms with Gasteiger partial charge in [0.1, 0.15) is 5.82 Å². The molecule has 0 fully saturated rings. The normalized spacial score (nSPS) is 14.0. The van der Waals surface area contributed by atoms with E-state index in [1.54, 1.807) is 19.2 Å². The van der Waals surface area contributed by atoms with Gasteiger partial charge in [-0.1, -0.05) is 13.8 Å². The summed E-state index contributed by atoms with van der Waals surface area (Å²) in [5.41, 5.74) is -3.44. The molecule has 0 aliphatic heterocycles. The van der Waals surface area contributed by atoms with Crippen molar-refractivity contribution in [2.45, 2.75) is 32.1 Å². The zero-order chi connectivity index (χ0) is 18.5. The number of alkyl halides is 3. The average Bonchev–Trinajstić information content (AvgIpc) is 2.45. The maximum absolute atomic E-state index is 13.7. The molecular formula is C14H17BrF3N3O3. The maximum atomic E-state index is 13.7. The van der Waals surface area contributed by atoms with Crippen LogP contribution >= 0.6 is 15.9 Å². The molecule has 1 rings (SSSR count). The Balaban J connectivity index is 3.28. The summed E-state index contributed by atoms with van der Waals surface area (Å²) in [7, 11) is 0.800. The molecule has 1 amide bonds. The molecule has 0 bridgehead atoms. The van der Waals surface area contributed by atoms with Crippen molar-refractivity contribution >= 4 is 33.6 Å². The predicted octanol–water partition coefficient (Wildman–Crippen LogP) is 2.85. The minimum atomic E-state index is -5.17. The number of nitrogens with zero attached hydrogens (tertiary/aromatic N) is 1. The summed E-state index contributed by atoms with van der Waals surface area (Å²) in [5, 5.41) is 3.67. The fourth-order valence-corrected chi connectivity index (χ4v) is 2.05. The third-order valence-electron chi connectivity index (χ3n) is 2.88. The summed E-state index contributed by atoms with van der Waals surface area (Å²) in [6.45, 7) is 3.33. The fourth-order valence-electron chi connectivity index (χ4n) is 1.82. The van der Waals surface area contributed by atoms with Gasteiger partial charge in [-0.2, -0.15) is 13.2 Å². The van der Waals surface area contributed by atoms with Crippen molar-refractivity contribution in [2.75, 3.05) is 12.4 Å². The number of nitrogens with one attached hydrogen (secondary N) is 2. The molecule has 0 saturated carbocycles. The van der Waals surface area contributed by atoms with Crippen molar-refractivity contribution in [1.82, 2.24) is 10.3 Å². The largest absolute Gasteiger partial charge is 0.466 e. The van der Waals surface area contributed by atoms with Crippen molar-refractivity contribution in [3.05, 3.63) is 22.8 Å². The first kappa shape index (κ1) is 20.2. The Labute approximate surface area is 145 Å². The highest BCUT2D eigenvalue weighted by molar-refractivity contribution is 9.10. The first-order valence-corrected chi connectivity index (χ1v) is 7.67. The molecule has 2 N–H and O–H groups in total. The monoisotopic (exact) mass is 411 g/mol. The van der Waals surface area contributed by atoms with Gasteiger partial charge in [0, 0.05) is 17.1 Å². The van der Waals surface area contributed by atoms with Crippen LogP contribution in [0.15, 0.2) is 22.8 Å². The summed E-state index contributed by atoms with van der Waals surface area (Å²) >= 11 is 3.10. The number of hydrogen-bond donors (Lipinski definition) is 2. The molecule has 1 aromatic heterocycles. The molecule has 0 aliphatic rings. The quantitative estimate of drug-likeness (QED) is 0.555. The minimum absolute atomic E-state index is 0.190. The standard InChI is InChI=1S/C14H17BrF3N3O3/c1-8(2)6-11(22)21-13(12(23)24-3,14(16,17)18)20-10-5-4-9(15)7-19-10/h4-5,7-8H,6H2,1-3H3,(H,19,20)(H,21,22)/t13-/m0/s1. The van der Waals surface area contributed by atoms with Crippen LogP contribution in [-0.2, 0) is 14.3 Å². The van der Waals surface area contributed by atoms with Crippen LogP contribution in [0.1, 0.15) is 20.3 Å². The highest BCUT2D eigenvalue weighted by Gasteiger charge is 2.63. The first-order chi connectivity index (χ1) is 11.0. The topological polar surface area (TPSA) is 80.3 Å². The van der Waals surface area contributed by atoms with Gasteiger partial charge in [-0.25, -0.2) is 9.78 Å². The molecule has 6 nitrogen and oxygen atoms in total. The molecule has 24 heavy (non-hydrogen) atoms. The van der Waals surface area contributed by atoms with Gasteiger partial charge in [0.05, 0.1) is 7.11 Å². The highest BCUT2D eigenvalue weighted by Crippen LogP contribution is 2.33. The van der Waals surface area contributed by atoms with Gasteiger partial charge in [-0.05, 0) is 34.0 Å². The number of carbonyl (C=O) groups excluding carboxylic acids is 2. The molecule has 0 saturated heterocycles. The Morgan fingerprint density at radius 1 is 1.33 bits per heavy atom. The van der Waals surface area contributed by atoms with E-state index in [1.165, 1.54) is 18.3 Å². The van der Waals surface area contributed by atoms with Crippen LogP contribution in [0.2, 0.25) is 0 Å². The maximum Gasteiger partial charge on any atom is 0.441 e. The zero-order valence-electron chi connectivity index (χ0n) is 13.2. The smallest absolute Gasteiger partial charge is 0.441 e. The third-order valence-corrected chi connectivity index (χ3v) is 3.35. The molecule has 0 aliphatic carbocycles. The van der Waals surface area contributed by atoms with Crippen LogP contribution in [-0.4, -0.2) is 35.8 Å². The van der Waals surface area contributed by atoms with E-state index in [-0.39, 0.29) is 18.2 Å². The Kier molecular flexibility index (Phi) is 6.58. The van der Waals surface area contributed by atoms with Gasteiger partial charge in [-0.15, -0.1) is 0 Å². The van der Waals surface area contributed by atoms with Crippen LogP contribution < -0.4 is 10.6 Å². The van der Waals surface area contributed by atoms with E-state index in [0.717, 1.165) is 7.11 Å². The van der Waals surface area contributed by atoms with Crippen molar-refractivity contribution in [3.8, 4) is 0 Å². The number of ether oxygens (including phenoxy) is 1. The molecule has 134 valence electrons. The number of carbonyl (C=O) groups is 2. The van der Waals surface area contributed by atoms with Gasteiger partial charge >= 0.3 is 17.8 Å². The van der Waals surface area contributed by atoms with Gasteiger partial charge in [0.15, 0.2) is 0 Å². The van der Waals surface area contributed by atoms with E-state index in [4.69, 9.17) is 0 Å². The molecule has 0 aromatic carbocycles. The van der Waals surface area contributed by atoms with E-state index >= 15 is 0 Å². The van der Waals surface area contributed by atoms with Crippen molar-refractivity contribution in [1.29, 1.82) is 0 Å². The highest BCUT2D eigenvalue weighted by atomic mass is 79.9. The van der Waals surface area contributed by atoms with Crippen LogP contribution in [0.4, 0.5) is 19.0 Å². The fraction of sp³-hybridized carbons (Fsp3) is 0.500. The molecule has 10 heteroatoms. The van der Waals surface area contributed by atoms with Crippen molar-refractivity contribution < 1.29 is 27.5 Å². The number of anilines is 1. The number of halogens is 4. The summed E-state index contributed by atoms with van der Waals surface area (Å²) in [5.74, 6) is -3.10. The molecule has 1 aromatic rings. The Morgan fingerprint density at radius 2 is 1.96 bits per heavy atom. The van der Waals surface area contributed by atoms with Crippen molar-refractivity contribution in [3.63, 3.8) is 0 Å². The number of esters is 1. The lowest BCUT2D eigenvalue weighted by molar-refractivity contribution is -0.206. The second-order valence-electron chi connectivity index (χ2n) is 5.37. The third kappa shape index (κ3) is 4.83. The lowest BCUT2D eigenvalue weighted by Crippen LogP contribution is -2.69. The number of pyridine rings is 1. The first-order valence-electron chi connectivity index (χ1n) is 6.87. The lowest BCUT2D eigenvalue weighted by atomic mass is 10.1. The van der Waals surface area contributed by atoms with Crippen LogP contribution in [0.3, 0.4) is 0 Å². The second kappa shape index (κ2) is 7.82.